The number of fused-ring (bicyclic) bond motifs is 1. The van der Waals surface area contributed by atoms with Gasteiger partial charge in [-0.3, -0.25) is 5.41 Å². The molecule has 1 aromatic heterocycles. The van der Waals surface area contributed by atoms with Crippen LogP contribution in [0.5, 0.6) is 0 Å². The van der Waals surface area contributed by atoms with Crippen LogP contribution in [-0.2, 0) is 20.6 Å². The zero-order valence-corrected chi connectivity index (χ0v) is 13.9. The van der Waals surface area contributed by atoms with E-state index in [2.05, 4.69) is 27.3 Å². The van der Waals surface area contributed by atoms with Crippen molar-refractivity contribution in [3.63, 3.8) is 0 Å². The van der Waals surface area contributed by atoms with Crippen LogP contribution in [0.1, 0.15) is 10.4 Å². The summed E-state index contributed by atoms with van der Waals surface area (Å²) in [7, 11) is 0. The van der Waals surface area contributed by atoms with Gasteiger partial charge < -0.3 is 19.5 Å². The molecule has 0 amide bonds. The minimum absolute atomic E-state index is 0.0803. The molecule has 0 bridgehead atoms. The third-order valence-electron chi connectivity index (χ3n) is 3.32. The van der Waals surface area contributed by atoms with E-state index >= 15 is 0 Å². The van der Waals surface area contributed by atoms with Gasteiger partial charge in [0.2, 0.25) is 5.90 Å². The molecule has 0 aliphatic carbocycles. The van der Waals surface area contributed by atoms with Crippen molar-refractivity contribution in [3.8, 4) is 0 Å². The molecule has 2 aliphatic heterocycles. The van der Waals surface area contributed by atoms with Gasteiger partial charge in [-0.15, -0.1) is 11.3 Å². The average Bonchev–Trinajstić information content (AvgIpc) is 2.88. The van der Waals surface area contributed by atoms with Gasteiger partial charge in [0.1, 0.15) is 12.7 Å². The summed E-state index contributed by atoms with van der Waals surface area (Å²) < 4.78 is 17.4. The zero-order chi connectivity index (χ0) is 14.7. The van der Waals surface area contributed by atoms with Gasteiger partial charge in [-0.25, -0.2) is 0 Å². The molecule has 1 aromatic rings. The van der Waals surface area contributed by atoms with E-state index in [1.54, 1.807) is 17.4 Å². The van der Waals surface area contributed by atoms with E-state index in [1.807, 2.05) is 0 Å². The maximum absolute atomic E-state index is 7.95. The van der Waals surface area contributed by atoms with Gasteiger partial charge in [0.25, 0.3) is 0 Å². The monoisotopic (exact) mass is 372 g/mol. The Morgan fingerprint density at radius 1 is 1.57 bits per heavy atom. The number of hydrogen-bond acceptors (Lipinski definition) is 6. The second-order valence-electron chi connectivity index (χ2n) is 4.88. The molecule has 7 heteroatoms. The molecule has 3 heterocycles. The van der Waals surface area contributed by atoms with Crippen molar-refractivity contribution in [1.82, 2.24) is 5.32 Å². The van der Waals surface area contributed by atoms with Crippen molar-refractivity contribution in [3.05, 3.63) is 26.4 Å². The lowest BCUT2D eigenvalue weighted by Gasteiger charge is -2.23. The first-order chi connectivity index (χ1) is 10.2. The number of thiophene rings is 1. The van der Waals surface area contributed by atoms with Crippen LogP contribution in [0, 0.1) is 5.41 Å². The van der Waals surface area contributed by atoms with Crippen LogP contribution in [0.25, 0.3) is 5.70 Å². The first-order valence-electron chi connectivity index (χ1n) is 6.87. The number of ether oxygens (including phenoxy) is 3. The standard InChI is InChI=1S/C14H17BrN2O3S/c15-12-5-9-1-2-17-11(14(9)21-12)6-13(16)20-8-10-7-18-3-4-19-10/h5-6,10,16-17H,1-4,7-8H2/b11-6-,16-13?. The van der Waals surface area contributed by atoms with Crippen molar-refractivity contribution >= 4 is 38.9 Å². The van der Waals surface area contributed by atoms with E-state index in [9.17, 15) is 0 Å². The highest BCUT2D eigenvalue weighted by Crippen LogP contribution is 2.33. The van der Waals surface area contributed by atoms with Crippen molar-refractivity contribution in [2.45, 2.75) is 12.5 Å². The van der Waals surface area contributed by atoms with Gasteiger partial charge in [0, 0.05) is 12.6 Å². The van der Waals surface area contributed by atoms with Crippen molar-refractivity contribution in [2.75, 3.05) is 33.0 Å². The lowest BCUT2D eigenvalue weighted by atomic mass is 10.1. The quantitative estimate of drug-likeness (QED) is 0.631. The highest BCUT2D eigenvalue weighted by atomic mass is 79.9. The third kappa shape index (κ3) is 3.85. The summed E-state index contributed by atoms with van der Waals surface area (Å²) in [4.78, 5) is 1.18. The van der Waals surface area contributed by atoms with Gasteiger partial charge >= 0.3 is 0 Å². The summed E-state index contributed by atoms with van der Waals surface area (Å²) in [5, 5.41) is 11.3. The molecule has 0 aromatic carbocycles. The van der Waals surface area contributed by atoms with Crippen LogP contribution < -0.4 is 5.32 Å². The Morgan fingerprint density at radius 3 is 3.29 bits per heavy atom. The van der Waals surface area contributed by atoms with Crippen molar-refractivity contribution in [2.24, 2.45) is 0 Å². The molecule has 0 radical (unpaired) electrons. The zero-order valence-electron chi connectivity index (χ0n) is 11.5. The third-order valence-corrected chi connectivity index (χ3v) is 5.03. The molecule has 114 valence electrons. The molecule has 1 unspecified atom stereocenters. The molecular formula is C14H17BrN2O3S. The maximum Gasteiger partial charge on any atom is 0.207 e. The highest BCUT2D eigenvalue weighted by molar-refractivity contribution is 9.11. The van der Waals surface area contributed by atoms with E-state index in [4.69, 9.17) is 19.6 Å². The topological polar surface area (TPSA) is 63.6 Å². The number of halogens is 1. The fourth-order valence-corrected chi connectivity index (χ4v) is 4.02. The van der Waals surface area contributed by atoms with Gasteiger partial charge in [-0.1, -0.05) is 0 Å². The molecule has 5 nitrogen and oxygen atoms in total. The van der Waals surface area contributed by atoms with Crippen LogP contribution in [0.3, 0.4) is 0 Å². The summed E-state index contributed by atoms with van der Waals surface area (Å²) in [6.45, 7) is 3.00. The fraction of sp³-hybridized carbons (Fsp3) is 0.500. The predicted molar refractivity (Wildman–Crippen MR) is 85.9 cm³/mol. The smallest absolute Gasteiger partial charge is 0.207 e. The molecule has 2 N–H and O–H groups in total. The Hall–Kier alpha value is -0.890. The average molecular weight is 373 g/mol. The van der Waals surface area contributed by atoms with Crippen molar-refractivity contribution < 1.29 is 14.2 Å². The Morgan fingerprint density at radius 2 is 2.48 bits per heavy atom. The van der Waals surface area contributed by atoms with E-state index in [0.717, 1.165) is 22.4 Å². The minimum atomic E-state index is -0.0803. The number of nitrogens with one attached hydrogen (secondary N) is 2. The van der Waals surface area contributed by atoms with E-state index in [0.29, 0.717) is 26.4 Å². The molecule has 1 atom stereocenters. The maximum atomic E-state index is 7.95. The van der Waals surface area contributed by atoms with E-state index in [1.165, 1.54) is 10.4 Å². The molecule has 1 saturated heterocycles. The molecule has 3 rings (SSSR count). The van der Waals surface area contributed by atoms with Crippen LogP contribution >= 0.6 is 27.3 Å². The van der Waals surface area contributed by atoms with Gasteiger partial charge in [-0.2, -0.15) is 0 Å². The first-order valence-corrected chi connectivity index (χ1v) is 8.48. The highest BCUT2D eigenvalue weighted by Gasteiger charge is 2.18. The van der Waals surface area contributed by atoms with E-state index in [-0.39, 0.29) is 12.0 Å². The summed E-state index contributed by atoms with van der Waals surface area (Å²) in [6, 6.07) is 2.15. The summed E-state index contributed by atoms with van der Waals surface area (Å²) in [5.41, 5.74) is 2.27. The summed E-state index contributed by atoms with van der Waals surface area (Å²) in [5.74, 6) is 0.143. The number of rotatable bonds is 3. The van der Waals surface area contributed by atoms with Crippen LogP contribution in [-0.4, -0.2) is 45.0 Å². The van der Waals surface area contributed by atoms with Gasteiger partial charge in [0.05, 0.1) is 34.2 Å². The SMILES string of the molecule is N=C(/C=C1\NCCc2cc(Br)sc21)OCC1COCCO1. The van der Waals surface area contributed by atoms with Gasteiger partial charge in [-0.05, 0) is 34.0 Å². The van der Waals surface area contributed by atoms with Crippen LogP contribution in [0.4, 0.5) is 0 Å². The Kier molecular flexibility index (Phi) is 4.95. The normalized spacial score (nSPS) is 23.5. The van der Waals surface area contributed by atoms with Crippen molar-refractivity contribution in [1.29, 1.82) is 5.41 Å². The van der Waals surface area contributed by atoms with Crippen LogP contribution in [0.15, 0.2) is 15.9 Å². The Labute approximate surface area is 135 Å². The lowest BCUT2D eigenvalue weighted by Crippen LogP contribution is -2.33. The minimum Gasteiger partial charge on any atom is -0.475 e. The second kappa shape index (κ2) is 6.91. The molecule has 1 fully saturated rings. The molecular weight excluding hydrogens is 356 g/mol. The Bertz CT molecular complexity index is 552. The van der Waals surface area contributed by atoms with Crippen LogP contribution in [0.2, 0.25) is 0 Å². The Balaban J connectivity index is 1.60. The summed E-state index contributed by atoms with van der Waals surface area (Å²) in [6.07, 6.45) is 2.67. The van der Waals surface area contributed by atoms with E-state index < -0.39 is 0 Å². The molecule has 2 aliphatic rings. The largest absolute Gasteiger partial charge is 0.475 e. The predicted octanol–water partition coefficient (Wildman–Crippen LogP) is 2.41. The fourth-order valence-electron chi connectivity index (χ4n) is 2.33. The molecule has 0 spiro atoms. The van der Waals surface area contributed by atoms with Gasteiger partial charge in [0.15, 0.2) is 0 Å². The summed E-state index contributed by atoms with van der Waals surface area (Å²) >= 11 is 5.19. The molecule has 0 saturated carbocycles. The first kappa shape index (κ1) is 15.0. The second-order valence-corrected chi connectivity index (χ2v) is 7.31. The lowest BCUT2D eigenvalue weighted by molar-refractivity contribution is -0.103. The molecule has 21 heavy (non-hydrogen) atoms. The number of hydrogen-bond donors (Lipinski definition) is 2.